The van der Waals surface area contributed by atoms with Crippen LogP contribution in [0.4, 0.5) is 0 Å². The molecular formula is C21H22N2O4S. The van der Waals surface area contributed by atoms with Gasteiger partial charge in [-0.2, -0.15) is 0 Å². The van der Waals surface area contributed by atoms with Gasteiger partial charge < -0.3 is 19.5 Å². The van der Waals surface area contributed by atoms with Gasteiger partial charge in [-0.05, 0) is 49.4 Å². The number of carbonyl (C=O) groups excluding carboxylic acids is 1. The van der Waals surface area contributed by atoms with E-state index in [1.54, 1.807) is 26.7 Å². The molecule has 0 aliphatic rings. The summed E-state index contributed by atoms with van der Waals surface area (Å²) in [5.41, 5.74) is 2.15. The Morgan fingerprint density at radius 1 is 1.00 bits per heavy atom. The van der Waals surface area contributed by atoms with Gasteiger partial charge in [-0.1, -0.05) is 0 Å². The van der Waals surface area contributed by atoms with Gasteiger partial charge in [-0.25, -0.2) is 4.98 Å². The zero-order valence-corrected chi connectivity index (χ0v) is 17.0. The zero-order valence-electron chi connectivity index (χ0n) is 16.2. The molecule has 2 aromatic carbocycles. The zero-order chi connectivity index (χ0) is 20.1. The standard InChI is InChI=1S/C21H22N2O4S/c1-13(17-11-16(26-3)9-10-19(17)27-4)22-20(24)18-12-28-21(23-18)14-5-7-15(25-2)8-6-14/h5-13H,1-4H3,(H,22,24)/t13-/m0/s1. The van der Waals surface area contributed by atoms with Crippen molar-refractivity contribution in [3.63, 3.8) is 0 Å². The number of amides is 1. The molecule has 0 spiro atoms. The van der Waals surface area contributed by atoms with Crippen molar-refractivity contribution in [2.45, 2.75) is 13.0 Å². The van der Waals surface area contributed by atoms with Crippen LogP contribution >= 0.6 is 11.3 Å². The van der Waals surface area contributed by atoms with Crippen LogP contribution in [0.5, 0.6) is 17.2 Å². The number of benzene rings is 2. The molecular weight excluding hydrogens is 376 g/mol. The van der Waals surface area contributed by atoms with Gasteiger partial charge in [-0.3, -0.25) is 4.79 Å². The van der Waals surface area contributed by atoms with Crippen molar-refractivity contribution in [3.05, 3.63) is 59.1 Å². The second-order valence-electron chi connectivity index (χ2n) is 6.07. The molecule has 6 nitrogen and oxygen atoms in total. The highest BCUT2D eigenvalue weighted by Crippen LogP contribution is 2.30. The number of nitrogens with one attached hydrogen (secondary N) is 1. The quantitative estimate of drug-likeness (QED) is 0.642. The molecule has 0 fully saturated rings. The van der Waals surface area contributed by atoms with Gasteiger partial charge in [0.1, 0.15) is 28.0 Å². The van der Waals surface area contributed by atoms with Gasteiger partial charge in [0.25, 0.3) is 5.91 Å². The van der Waals surface area contributed by atoms with E-state index < -0.39 is 0 Å². The Hall–Kier alpha value is -3.06. The number of nitrogens with zero attached hydrogens (tertiary/aromatic N) is 1. The highest BCUT2D eigenvalue weighted by molar-refractivity contribution is 7.13. The third kappa shape index (κ3) is 4.26. The molecule has 1 heterocycles. The average Bonchev–Trinajstić information content (AvgIpc) is 3.23. The minimum absolute atomic E-state index is 0.242. The van der Waals surface area contributed by atoms with Gasteiger partial charge in [0.2, 0.25) is 0 Å². The molecule has 0 unspecified atom stereocenters. The topological polar surface area (TPSA) is 69.7 Å². The number of ether oxygens (including phenoxy) is 3. The Kier molecular flexibility index (Phi) is 6.16. The van der Waals surface area contributed by atoms with E-state index in [0.717, 1.165) is 21.9 Å². The summed E-state index contributed by atoms with van der Waals surface area (Å²) in [5.74, 6) is 1.92. The first-order valence-corrected chi connectivity index (χ1v) is 9.56. The maximum Gasteiger partial charge on any atom is 0.271 e. The van der Waals surface area contributed by atoms with E-state index in [4.69, 9.17) is 14.2 Å². The fraction of sp³-hybridized carbons (Fsp3) is 0.238. The largest absolute Gasteiger partial charge is 0.497 e. The lowest BCUT2D eigenvalue weighted by Gasteiger charge is -2.17. The molecule has 0 saturated carbocycles. The summed E-state index contributed by atoms with van der Waals surface area (Å²) in [6.45, 7) is 1.89. The third-order valence-electron chi connectivity index (χ3n) is 4.32. The summed E-state index contributed by atoms with van der Waals surface area (Å²) in [6, 6.07) is 12.8. The van der Waals surface area contributed by atoms with E-state index in [0.29, 0.717) is 17.2 Å². The van der Waals surface area contributed by atoms with E-state index in [9.17, 15) is 4.79 Å². The Morgan fingerprint density at radius 2 is 1.68 bits per heavy atom. The molecule has 0 bridgehead atoms. The highest BCUT2D eigenvalue weighted by Gasteiger charge is 2.18. The summed E-state index contributed by atoms with van der Waals surface area (Å²) < 4.78 is 15.8. The fourth-order valence-corrected chi connectivity index (χ4v) is 3.58. The molecule has 0 aliphatic heterocycles. The van der Waals surface area contributed by atoms with Crippen LogP contribution in [0, 0.1) is 0 Å². The molecule has 1 amide bonds. The Labute approximate surface area is 168 Å². The minimum atomic E-state index is -0.274. The summed E-state index contributed by atoms with van der Waals surface area (Å²) in [4.78, 5) is 17.1. The first-order chi connectivity index (χ1) is 13.5. The van der Waals surface area contributed by atoms with Crippen LogP contribution in [0.2, 0.25) is 0 Å². The fourth-order valence-electron chi connectivity index (χ4n) is 2.77. The Morgan fingerprint density at radius 3 is 2.32 bits per heavy atom. The average molecular weight is 398 g/mol. The summed E-state index contributed by atoms with van der Waals surface area (Å²) in [6.07, 6.45) is 0. The van der Waals surface area contributed by atoms with Crippen molar-refractivity contribution in [1.82, 2.24) is 10.3 Å². The Bertz CT molecular complexity index is 953. The van der Waals surface area contributed by atoms with E-state index in [1.807, 2.05) is 49.4 Å². The molecule has 0 aliphatic carbocycles. The second-order valence-corrected chi connectivity index (χ2v) is 6.93. The molecule has 28 heavy (non-hydrogen) atoms. The first kappa shape index (κ1) is 19.7. The van der Waals surface area contributed by atoms with E-state index in [1.165, 1.54) is 11.3 Å². The maximum absolute atomic E-state index is 12.7. The maximum atomic E-state index is 12.7. The smallest absolute Gasteiger partial charge is 0.271 e. The highest BCUT2D eigenvalue weighted by atomic mass is 32.1. The molecule has 7 heteroatoms. The van der Waals surface area contributed by atoms with Crippen LogP contribution in [0.3, 0.4) is 0 Å². The number of hydrogen-bond acceptors (Lipinski definition) is 6. The number of thiazole rings is 1. The first-order valence-electron chi connectivity index (χ1n) is 8.68. The lowest BCUT2D eigenvalue weighted by Crippen LogP contribution is -2.27. The predicted molar refractivity (Wildman–Crippen MR) is 110 cm³/mol. The normalized spacial score (nSPS) is 11.6. The van der Waals surface area contributed by atoms with Gasteiger partial charge in [0, 0.05) is 16.5 Å². The van der Waals surface area contributed by atoms with Gasteiger partial charge in [0.15, 0.2) is 0 Å². The summed E-state index contributed by atoms with van der Waals surface area (Å²) in [5, 5.41) is 5.50. The second kappa shape index (κ2) is 8.75. The number of carbonyl (C=O) groups is 1. The minimum Gasteiger partial charge on any atom is -0.497 e. The molecule has 1 aromatic heterocycles. The molecule has 0 saturated heterocycles. The van der Waals surface area contributed by atoms with Crippen LogP contribution in [-0.2, 0) is 0 Å². The van der Waals surface area contributed by atoms with Crippen LogP contribution in [-0.4, -0.2) is 32.2 Å². The SMILES string of the molecule is COc1ccc(-c2nc(C(=O)N[C@@H](C)c3cc(OC)ccc3OC)cs2)cc1. The molecule has 3 rings (SSSR count). The van der Waals surface area contributed by atoms with Crippen molar-refractivity contribution in [2.24, 2.45) is 0 Å². The molecule has 1 N–H and O–H groups in total. The predicted octanol–water partition coefficient (Wildman–Crippen LogP) is 4.33. The molecule has 1 atom stereocenters. The van der Waals surface area contributed by atoms with Crippen LogP contribution in [0.15, 0.2) is 47.8 Å². The molecule has 0 radical (unpaired) electrons. The third-order valence-corrected chi connectivity index (χ3v) is 5.22. The Balaban J connectivity index is 1.75. The lowest BCUT2D eigenvalue weighted by molar-refractivity contribution is 0.0935. The van der Waals surface area contributed by atoms with Crippen LogP contribution < -0.4 is 19.5 Å². The molecule has 146 valence electrons. The lowest BCUT2D eigenvalue weighted by atomic mass is 10.1. The van der Waals surface area contributed by atoms with Crippen molar-refractivity contribution in [2.75, 3.05) is 21.3 Å². The van der Waals surface area contributed by atoms with E-state index >= 15 is 0 Å². The number of hydrogen-bond donors (Lipinski definition) is 1. The van der Waals surface area contributed by atoms with Gasteiger partial charge in [-0.15, -0.1) is 11.3 Å². The molecule has 3 aromatic rings. The van der Waals surface area contributed by atoms with E-state index in [-0.39, 0.29) is 11.9 Å². The summed E-state index contributed by atoms with van der Waals surface area (Å²) >= 11 is 1.42. The van der Waals surface area contributed by atoms with Gasteiger partial charge >= 0.3 is 0 Å². The van der Waals surface area contributed by atoms with Gasteiger partial charge in [0.05, 0.1) is 27.4 Å². The van der Waals surface area contributed by atoms with Crippen LogP contribution in [0.25, 0.3) is 10.6 Å². The number of rotatable bonds is 7. The van der Waals surface area contributed by atoms with Crippen molar-refractivity contribution in [3.8, 4) is 27.8 Å². The van der Waals surface area contributed by atoms with Crippen molar-refractivity contribution < 1.29 is 19.0 Å². The van der Waals surface area contributed by atoms with Crippen LogP contribution in [0.1, 0.15) is 29.0 Å². The van der Waals surface area contributed by atoms with E-state index in [2.05, 4.69) is 10.3 Å². The van der Waals surface area contributed by atoms with Crippen molar-refractivity contribution in [1.29, 1.82) is 0 Å². The number of methoxy groups -OCH3 is 3. The monoisotopic (exact) mass is 398 g/mol. The summed E-state index contributed by atoms with van der Waals surface area (Å²) in [7, 11) is 4.82. The van der Waals surface area contributed by atoms with Crippen molar-refractivity contribution >= 4 is 17.2 Å². The number of aromatic nitrogens is 1.